The molecule has 1 aliphatic heterocycles. The Morgan fingerprint density at radius 1 is 1.15 bits per heavy atom. The van der Waals surface area contributed by atoms with E-state index in [1.165, 1.54) is 23.2 Å². The van der Waals surface area contributed by atoms with Gasteiger partial charge in [0.25, 0.3) is 0 Å². The number of ketones is 1. The lowest BCUT2D eigenvalue weighted by molar-refractivity contribution is -0.175. The van der Waals surface area contributed by atoms with Gasteiger partial charge < -0.3 is 32.2 Å². The molecule has 0 aromatic carbocycles. The fourth-order valence-corrected chi connectivity index (χ4v) is 4.35. The fourth-order valence-electron chi connectivity index (χ4n) is 4.35. The van der Waals surface area contributed by atoms with Crippen LogP contribution in [0.2, 0.25) is 0 Å². The predicted octanol–water partition coefficient (Wildman–Crippen LogP) is -0.875. The lowest BCUT2D eigenvalue weighted by Gasteiger charge is -2.43. The molecule has 0 spiro atoms. The van der Waals surface area contributed by atoms with Crippen LogP contribution >= 0.6 is 0 Å². The number of hydrogen-bond acceptors (Lipinski definition) is 9. The second-order valence-electron chi connectivity index (χ2n) is 8.06. The molecule has 1 amide bonds. The number of nitrogen functional groups attached to an aromatic ring is 1. The minimum Gasteiger partial charge on any atom is -0.480 e. The predicted molar refractivity (Wildman–Crippen MR) is 119 cm³/mol. The van der Waals surface area contributed by atoms with E-state index in [0.717, 1.165) is 19.3 Å². The first-order valence-electron chi connectivity index (χ1n) is 10.7. The molecule has 0 bridgehead atoms. The van der Waals surface area contributed by atoms with Gasteiger partial charge in [0.05, 0.1) is 18.7 Å². The Balaban J connectivity index is 0.000000287. The van der Waals surface area contributed by atoms with Gasteiger partial charge in [-0.25, -0.2) is 4.90 Å². The number of rotatable bonds is 8. The molecule has 9 N–H and O–H groups in total. The van der Waals surface area contributed by atoms with E-state index in [4.69, 9.17) is 32.5 Å². The summed E-state index contributed by atoms with van der Waals surface area (Å²) in [5, 5.41) is 25.5. The summed E-state index contributed by atoms with van der Waals surface area (Å²) < 4.78 is 5.67. The number of nitrogens with two attached hydrogens (primary N) is 3. The van der Waals surface area contributed by atoms with Crippen LogP contribution in [0.1, 0.15) is 48.2 Å². The van der Waals surface area contributed by atoms with E-state index in [-0.39, 0.29) is 24.9 Å². The molecule has 0 radical (unpaired) electrons. The molecule has 1 aliphatic carbocycles. The molecule has 1 saturated carbocycles. The van der Waals surface area contributed by atoms with Gasteiger partial charge in [-0.3, -0.25) is 29.6 Å². The van der Waals surface area contributed by atoms with Gasteiger partial charge in [-0.1, -0.05) is 19.3 Å². The number of aromatic nitrogens is 1. The van der Waals surface area contributed by atoms with Crippen molar-refractivity contribution in [2.24, 2.45) is 23.1 Å². The molecule has 13 nitrogen and oxygen atoms in total. The smallest absolute Gasteiger partial charge is 0.323 e. The Labute approximate surface area is 195 Å². The average Bonchev–Trinajstić information content (AvgIpc) is 3.19. The first kappa shape index (κ1) is 26.8. The molecule has 2 fully saturated rings. The second kappa shape index (κ2) is 11.6. The zero-order valence-electron chi connectivity index (χ0n) is 18.6. The Morgan fingerprint density at radius 3 is 2.24 bits per heavy atom. The van der Waals surface area contributed by atoms with Crippen LogP contribution in [0.3, 0.4) is 0 Å². The average molecular weight is 479 g/mol. The summed E-state index contributed by atoms with van der Waals surface area (Å²) in [7, 11) is 0. The summed E-state index contributed by atoms with van der Waals surface area (Å²) in [6.45, 7) is -1.07. The van der Waals surface area contributed by atoms with Gasteiger partial charge in [0, 0.05) is 12.1 Å². The third-order valence-electron chi connectivity index (χ3n) is 5.92. The first-order chi connectivity index (χ1) is 16.0. The molecule has 1 aromatic rings. The maximum absolute atomic E-state index is 12.5. The quantitative estimate of drug-likeness (QED) is 0.198. The number of pyridine rings is 1. The molecular weight excluding hydrogens is 448 g/mol. The second-order valence-corrected chi connectivity index (χ2v) is 8.06. The minimum absolute atomic E-state index is 0.133. The van der Waals surface area contributed by atoms with Crippen LogP contribution in [0.5, 0.6) is 0 Å². The van der Waals surface area contributed by atoms with Gasteiger partial charge in [-0.05, 0) is 25.0 Å². The van der Waals surface area contributed by atoms with Gasteiger partial charge in [0.2, 0.25) is 5.91 Å². The number of amidine groups is 1. The number of primary amides is 1. The van der Waals surface area contributed by atoms with Crippen molar-refractivity contribution in [2.45, 2.75) is 43.9 Å². The van der Waals surface area contributed by atoms with E-state index in [0.29, 0.717) is 24.1 Å². The van der Waals surface area contributed by atoms with Crippen molar-refractivity contribution in [3.8, 4) is 0 Å². The molecule has 3 rings (SSSR count). The van der Waals surface area contributed by atoms with Crippen LogP contribution in [0.15, 0.2) is 18.3 Å². The van der Waals surface area contributed by atoms with Crippen LogP contribution < -0.4 is 17.2 Å². The van der Waals surface area contributed by atoms with Crippen LogP contribution in [0, 0.1) is 11.3 Å². The van der Waals surface area contributed by atoms with Crippen molar-refractivity contribution in [3.63, 3.8) is 0 Å². The molecule has 2 heterocycles. The Bertz CT molecular complexity index is 899. The SMILES string of the molecule is N=C(N)c1ccc(C(N)=O)cn1.NCC(=O)C1(C2CCCCC2)OCC(C(=O)O)N1CC(=O)O. The maximum atomic E-state index is 12.5. The summed E-state index contributed by atoms with van der Waals surface area (Å²) in [6, 6.07) is 1.81. The van der Waals surface area contributed by atoms with Crippen molar-refractivity contribution in [1.29, 1.82) is 5.41 Å². The van der Waals surface area contributed by atoms with Crippen LogP contribution in [-0.2, 0) is 19.1 Å². The Kier molecular flexibility index (Phi) is 9.18. The van der Waals surface area contributed by atoms with Gasteiger partial charge in [-0.15, -0.1) is 0 Å². The molecule has 1 aromatic heterocycles. The van der Waals surface area contributed by atoms with Gasteiger partial charge in [-0.2, -0.15) is 0 Å². The summed E-state index contributed by atoms with van der Waals surface area (Å²) >= 11 is 0. The minimum atomic E-state index is -1.52. The van der Waals surface area contributed by atoms with Crippen LogP contribution in [-0.4, -0.2) is 81.0 Å². The lowest BCUT2D eigenvalue weighted by atomic mass is 9.78. The number of nitrogens with one attached hydrogen (secondary N) is 1. The topological polar surface area (TPSA) is 236 Å². The highest BCUT2D eigenvalue weighted by Crippen LogP contribution is 2.42. The molecule has 2 atom stereocenters. The molecule has 1 saturated heterocycles. The largest absolute Gasteiger partial charge is 0.480 e. The van der Waals surface area contributed by atoms with Gasteiger partial charge >= 0.3 is 11.9 Å². The summed E-state index contributed by atoms with van der Waals surface area (Å²) in [6.07, 6.45) is 5.56. The third kappa shape index (κ3) is 5.92. The van der Waals surface area contributed by atoms with E-state index in [9.17, 15) is 24.3 Å². The Morgan fingerprint density at radius 2 is 1.79 bits per heavy atom. The maximum Gasteiger partial charge on any atom is 0.323 e. The molecule has 13 heteroatoms. The fraction of sp³-hybridized carbons (Fsp3) is 0.524. The van der Waals surface area contributed by atoms with Crippen molar-refractivity contribution in [1.82, 2.24) is 9.88 Å². The van der Waals surface area contributed by atoms with E-state index < -0.39 is 41.9 Å². The number of ether oxygens (including phenoxy) is 1. The number of carbonyl (C=O) groups is 4. The number of carbonyl (C=O) groups excluding carboxylic acids is 2. The number of amides is 1. The Hall–Kier alpha value is -3.42. The van der Waals surface area contributed by atoms with Crippen molar-refractivity contribution >= 4 is 29.5 Å². The summed E-state index contributed by atoms with van der Waals surface area (Å²) in [5.41, 5.74) is 14.7. The highest BCUT2D eigenvalue weighted by atomic mass is 16.5. The zero-order chi connectivity index (χ0) is 25.5. The number of aliphatic carboxylic acids is 2. The first-order valence-corrected chi connectivity index (χ1v) is 10.7. The zero-order valence-corrected chi connectivity index (χ0v) is 18.6. The van der Waals surface area contributed by atoms with E-state index in [1.807, 2.05) is 0 Å². The number of carboxylic acid groups (broad SMARTS) is 2. The summed E-state index contributed by atoms with van der Waals surface area (Å²) in [5.74, 6) is -3.72. The number of hydrogen-bond donors (Lipinski definition) is 6. The van der Waals surface area contributed by atoms with Crippen LogP contribution in [0.4, 0.5) is 0 Å². The number of carboxylic acids is 2. The monoisotopic (exact) mass is 478 g/mol. The lowest BCUT2D eigenvalue weighted by Crippen LogP contribution is -2.62. The third-order valence-corrected chi connectivity index (χ3v) is 5.92. The normalized spacial score (nSPS) is 22.9. The molecule has 34 heavy (non-hydrogen) atoms. The van der Waals surface area contributed by atoms with Crippen molar-refractivity contribution in [2.75, 3.05) is 19.7 Å². The molecule has 2 aliphatic rings. The molecule has 186 valence electrons. The standard InChI is InChI=1S/C14H22N2O6.C7H8N4O/c15-6-11(17)14(9-4-2-1-3-5-9)16(7-12(18)19)10(8-22-14)13(20)21;8-6(9)5-2-1-4(3-11-5)7(10)12/h9-10H,1-8,15H2,(H,18,19)(H,20,21);1-3H,(H3,8,9)(H2,10,12). The molecule has 2 unspecified atom stereocenters. The van der Waals surface area contributed by atoms with E-state index >= 15 is 0 Å². The summed E-state index contributed by atoms with van der Waals surface area (Å²) in [4.78, 5) is 50.6. The van der Waals surface area contributed by atoms with Crippen LogP contribution in [0.25, 0.3) is 0 Å². The van der Waals surface area contributed by atoms with Gasteiger partial charge in [0.15, 0.2) is 11.5 Å². The number of Topliss-reactive ketones (excluding diaryl/α,β-unsaturated/α-hetero) is 1. The van der Waals surface area contributed by atoms with Gasteiger partial charge in [0.1, 0.15) is 24.1 Å². The van der Waals surface area contributed by atoms with E-state index in [1.54, 1.807) is 0 Å². The molecular formula is C21H30N6O7. The highest BCUT2D eigenvalue weighted by Gasteiger charge is 2.59. The van der Waals surface area contributed by atoms with E-state index in [2.05, 4.69) is 4.98 Å². The number of nitrogens with zero attached hydrogens (tertiary/aromatic N) is 2. The van der Waals surface area contributed by atoms with Crippen molar-refractivity contribution in [3.05, 3.63) is 29.6 Å². The van der Waals surface area contributed by atoms with Crippen molar-refractivity contribution < 1.29 is 34.1 Å². The highest BCUT2D eigenvalue weighted by molar-refractivity contribution is 5.95.